The number of aryl methyl sites for hydroxylation is 2. The fourth-order valence-electron chi connectivity index (χ4n) is 3.40. The van der Waals surface area contributed by atoms with Gasteiger partial charge in [-0.15, -0.1) is 0 Å². The Morgan fingerprint density at radius 1 is 1.31 bits per heavy atom. The van der Waals surface area contributed by atoms with Crippen molar-refractivity contribution in [2.75, 3.05) is 13.1 Å². The van der Waals surface area contributed by atoms with E-state index in [4.69, 9.17) is 9.90 Å². The first kappa shape index (κ1) is 20.8. The van der Waals surface area contributed by atoms with E-state index >= 15 is 0 Å². The Labute approximate surface area is 164 Å². The van der Waals surface area contributed by atoms with Gasteiger partial charge in [0.1, 0.15) is 5.82 Å². The van der Waals surface area contributed by atoms with Gasteiger partial charge in [0.2, 0.25) is 0 Å². The summed E-state index contributed by atoms with van der Waals surface area (Å²) in [7, 11) is 0. The van der Waals surface area contributed by atoms with Gasteiger partial charge in [0.15, 0.2) is 5.82 Å². The SMILES string of the molecule is Cc1nc(CCCN2CCc3c([nH]c4ccccc34)C2)n[nH]1.O=C(O)C(F)(F)F. The minimum Gasteiger partial charge on any atom is -0.475 e. The van der Waals surface area contributed by atoms with Crippen molar-refractivity contribution >= 4 is 16.9 Å². The molecule has 3 aromatic rings. The van der Waals surface area contributed by atoms with E-state index in [0.717, 1.165) is 50.5 Å². The second-order valence-corrected chi connectivity index (χ2v) is 6.90. The van der Waals surface area contributed by atoms with E-state index in [9.17, 15) is 13.2 Å². The van der Waals surface area contributed by atoms with E-state index in [0.29, 0.717) is 0 Å². The van der Waals surface area contributed by atoms with Crippen LogP contribution in [-0.4, -0.2) is 55.4 Å². The van der Waals surface area contributed by atoms with Crippen LogP contribution in [0.5, 0.6) is 0 Å². The molecule has 0 bridgehead atoms. The standard InChI is InChI=1S/C17H21N5.C2HF3O2/c1-12-18-17(21-20-12)7-4-9-22-10-8-14-13-5-2-3-6-15(13)19-16(14)11-22;3-2(4,5)1(6)7/h2-3,5-6,19H,4,7-11H2,1H3,(H,18,20,21);(H,6,7). The van der Waals surface area contributed by atoms with Gasteiger partial charge in [-0.2, -0.15) is 18.3 Å². The van der Waals surface area contributed by atoms with Crippen molar-refractivity contribution in [3.63, 3.8) is 0 Å². The predicted octanol–water partition coefficient (Wildman–Crippen LogP) is 3.22. The maximum absolute atomic E-state index is 10.6. The topological polar surface area (TPSA) is 97.9 Å². The Morgan fingerprint density at radius 3 is 2.69 bits per heavy atom. The number of carbonyl (C=O) groups is 1. The van der Waals surface area contributed by atoms with Crippen molar-refractivity contribution in [3.8, 4) is 0 Å². The fourth-order valence-corrected chi connectivity index (χ4v) is 3.40. The van der Waals surface area contributed by atoms with E-state index in [1.807, 2.05) is 6.92 Å². The summed E-state index contributed by atoms with van der Waals surface area (Å²) in [5.74, 6) is -0.927. The number of carboxylic acids is 1. The molecule has 0 saturated heterocycles. The lowest BCUT2D eigenvalue weighted by molar-refractivity contribution is -0.192. The number of halogens is 3. The van der Waals surface area contributed by atoms with Crippen LogP contribution in [0.3, 0.4) is 0 Å². The molecule has 3 heterocycles. The maximum atomic E-state index is 10.6. The zero-order valence-electron chi connectivity index (χ0n) is 15.9. The summed E-state index contributed by atoms with van der Waals surface area (Å²) in [5, 5.41) is 15.6. The summed E-state index contributed by atoms with van der Waals surface area (Å²) in [5.41, 5.74) is 4.17. The molecule has 29 heavy (non-hydrogen) atoms. The number of aromatic nitrogens is 4. The Balaban J connectivity index is 0.000000298. The van der Waals surface area contributed by atoms with E-state index in [1.54, 1.807) is 0 Å². The lowest BCUT2D eigenvalue weighted by atomic mass is 10.0. The molecule has 0 aliphatic carbocycles. The molecule has 1 aliphatic heterocycles. The van der Waals surface area contributed by atoms with Crippen molar-refractivity contribution in [2.45, 2.75) is 38.9 Å². The Hall–Kier alpha value is -2.88. The molecule has 0 radical (unpaired) electrons. The molecule has 1 aliphatic rings. The van der Waals surface area contributed by atoms with Gasteiger partial charge in [-0.25, -0.2) is 9.78 Å². The molecule has 0 atom stereocenters. The third-order valence-corrected chi connectivity index (χ3v) is 4.72. The molecule has 2 aromatic heterocycles. The van der Waals surface area contributed by atoms with E-state index in [2.05, 4.69) is 49.3 Å². The summed E-state index contributed by atoms with van der Waals surface area (Å²) in [6, 6.07) is 8.62. The third kappa shape index (κ3) is 5.35. The van der Waals surface area contributed by atoms with Gasteiger partial charge in [-0.3, -0.25) is 10.00 Å². The second kappa shape index (κ2) is 8.64. The highest BCUT2D eigenvalue weighted by Crippen LogP contribution is 2.27. The van der Waals surface area contributed by atoms with E-state index in [1.165, 1.54) is 22.2 Å². The van der Waals surface area contributed by atoms with Gasteiger partial charge in [-0.05, 0) is 37.9 Å². The quantitative estimate of drug-likeness (QED) is 0.615. The minimum absolute atomic E-state index is 0.899. The molecule has 4 rings (SSSR count). The average Bonchev–Trinajstić information content (AvgIpc) is 3.24. The minimum atomic E-state index is -5.08. The number of H-pyrrole nitrogens is 2. The van der Waals surface area contributed by atoms with Gasteiger partial charge >= 0.3 is 12.1 Å². The Bertz CT molecular complexity index is 980. The molecule has 0 spiro atoms. The van der Waals surface area contributed by atoms with Gasteiger partial charge < -0.3 is 10.1 Å². The van der Waals surface area contributed by atoms with Crippen LogP contribution in [0.25, 0.3) is 10.9 Å². The van der Waals surface area contributed by atoms with Crippen LogP contribution in [0.15, 0.2) is 24.3 Å². The first-order valence-electron chi connectivity index (χ1n) is 9.23. The fraction of sp³-hybridized carbons (Fsp3) is 0.421. The molecule has 0 unspecified atom stereocenters. The molecule has 0 fully saturated rings. The first-order valence-corrected chi connectivity index (χ1v) is 9.23. The van der Waals surface area contributed by atoms with Crippen LogP contribution in [-0.2, 0) is 24.2 Å². The van der Waals surface area contributed by atoms with E-state index in [-0.39, 0.29) is 0 Å². The van der Waals surface area contributed by atoms with Crippen molar-refractivity contribution < 1.29 is 23.1 Å². The molecule has 10 heteroatoms. The number of rotatable bonds is 4. The van der Waals surface area contributed by atoms with Crippen molar-refractivity contribution in [1.82, 2.24) is 25.1 Å². The van der Waals surface area contributed by atoms with E-state index < -0.39 is 12.1 Å². The molecular weight excluding hydrogens is 387 g/mol. The molecule has 7 nitrogen and oxygen atoms in total. The monoisotopic (exact) mass is 409 g/mol. The number of benzene rings is 1. The maximum Gasteiger partial charge on any atom is 0.490 e. The summed E-state index contributed by atoms with van der Waals surface area (Å²) in [6.07, 6.45) is -1.90. The number of para-hydroxylation sites is 1. The van der Waals surface area contributed by atoms with Gasteiger partial charge in [-0.1, -0.05) is 18.2 Å². The molecule has 0 saturated carbocycles. The largest absolute Gasteiger partial charge is 0.490 e. The Morgan fingerprint density at radius 2 is 2.03 bits per heavy atom. The number of alkyl halides is 3. The van der Waals surface area contributed by atoms with Crippen molar-refractivity contribution in [1.29, 1.82) is 0 Å². The van der Waals surface area contributed by atoms with Crippen LogP contribution in [0, 0.1) is 6.92 Å². The summed E-state index contributed by atoms with van der Waals surface area (Å²) in [6.45, 7) is 5.21. The molecule has 3 N–H and O–H groups in total. The normalized spacial score (nSPS) is 14.3. The Kier molecular flexibility index (Phi) is 6.21. The zero-order valence-corrected chi connectivity index (χ0v) is 15.9. The number of hydrogen-bond donors (Lipinski definition) is 3. The molecule has 1 aromatic carbocycles. The lowest BCUT2D eigenvalue weighted by Gasteiger charge is -2.26. The van der Waals surface area contributed by atoms with Crippen molar-refractivity contribution in [2.24, 2.45) is 0 Å². The molecular formula is C19H22F3N5O2. The summed E-state index contributed by atoms with van der Waals surface area (Å²) < 4.78 is 31.7. The first-order chi connectivity index (χ1) is 13.7. The number of fused-ring (bicyclic) bond motifs is 3. The highest BCUT2D eigenvalue weighted by Gasteiger charge is 2.38. The smallest absolute Gasteiger partial charge is 0.475 e. The number of hydrogen-bond acceptors (Lipinski definition) is 4. The van der Waals surface area contributed by atoms with Gasteiger partial charge in [0.25, 0.3) is 0 Å². The molecule has 156 valence electrons. The van der Waals surface area contributed by atoms with Crippen LogP contribution in [0.2, 0.25) is 0 Å². The van der Waals surface area contributed by atoms with Gasteiger partial charge in [0.05, 0.1) is 0 Å². The number of aliphatic carboxylic acids is 1. The third-order valence-electron chi connectivity index (χ3n) is 4.72. The van der Waals surface area contributed by atoms with Crippen LogP contribution < -0.4 is 0 Å². The van der Waals surface area contributed by atoms with Crippen LogP contribution in [0.4, 0.5) is 13.2 Å². The number of nitrogens with one attached hydrogen (secondary N) is 2. The zero-order chi connectivity index (χ0) is 21.0. The number of aromatic amines is 2. The second-order valence-electron chi connectivity index (χ2n) is 6.90. The highest BCUT2D eigenvalue weighted by molar-refractivity contribution is 5.84. The summed E-state index contributed by atoms with van der Waals surface area (Å²) >= 11 is 0. The van der Waals surface area contributed by atoms with Crippen LogP contribution in [0.1, 0.15) is 29.3 Å². The van der Waals surface area contributed by atoms with Crippen molar-refractivity contribution in [3.05, 3.63) is 47.2 Å². The average molecular weight is 409 g/mol. The molecule has 0 amide bonds. The predicted molar refractivity (Wildman–Crippen MR) is 100 cm³/mol. The number of nitrogens with zero attached hydrogens (tertiary/aromatic N) is 3. The highest BCUT2D eigenvalue weighted by atomic mass is 19.4. The van der Waals surface area contributed by atoms with Gasteiger partial charge in [0, 0.05) is 36.1 Å². The summed E-state index contributed by atoms with van der Waals surface area (Å²) in [4.78, 5) is 19.4. The van der Waals surface area contributed by atoms with Crippen LogP contribution >= 0.6 is 0 Å². The number of carboxylic acid groups (broad SMARTS) is 1. The lowest BCUT2D eigenvalue weighted by Crippen LogP contribution is -2.31.